The van der Waals surface area contributed by atoms with Gasteiger partial charge in [0.2, 0.25) is 21.8 Å². The number of carbonyl (C=O) groups excluding carboxylic acids is 2. The van der Waals surface area contributed by atoms with Gasteiger partial charge in [-0.3, -0.25) is 13.9 Å². The van der Waals surface area contributed by atoms with Crippen LogP contribution in [0.2, 0.25) is 5.02 Å². The standard InChI is InChI=1S/C23H30ClN3O4S/c1-17(2)14-25-23(29)18(3)26(15-19-10-8-9-13-21(19)24)22(28)16-27(32(4,30)31)20-11-6-5-7-12-20/h5-13,17-18H,14-16H2,1-4H3,(H,25,29)/t18-/m0/s1. The van der Waals surface area contributed by atoms with E-state index in [1.54, 1.807) is 61.5 Å². The van der Waals surface area contributed by atoms with Gasteiger partial charge < -0.3 is 10.2 Å². The Kier molecular flexibility index (Phi) is 9.09. The van der Waals surface area contributed by atoms with Crippen LogP contribution in [0.1, 0.15) is 26.3 Å². The quantitative estimate of drug-likeness (QED) is 0.566. The van der Waals surface area contributed by atoms with Crippen LogP contribution in [0.25, 0.3) is 0 Å². The average Bonchev–Trinajstić information content (AvgIpc) is 2.74. The molecule has 7 nitrogen and oxygen atoms in total. The molecule has 0 unspecified atom stereocenters. The predicted molar refractivity (Wildman–Crippen MR) is 128 cm³/mol. The third-order valence-corrected chi connectivity index (χ3v) is 6.38. The fourth-order valence-electron chi connectivity index (χ4n) is 3.05. The number of nitrogens with zero attached hydrogens (tertiary/aromatic N) is 2. The van der Waals surface area contributed by atoms with Crippen LogP contribution in [0.5, 0.6) is 0 Å². The van der Waals surface area contributed by atoms with Crippen molar-refractivity contribution < 1.29 is 18.0 Å². The van der Waals surface area contributed by atoms with Crippen molar-refractivity contribution in [1.29, 1.82) is 0 Å². The lowest BCUT2D eigenvalue weighted by Crippen LogP contribution is -2.51. The Morgan fingerprint density at radius 3 is 2.16 bits per heavy atom. The Morgan fingerprint density at radius 2 is 1.59 bits per heavy atom. The summed E-state index contributed by atoms with van der Waals surface area (Å²) in [6.07, 6.45) is 1.05. The molecule has 0 fully saturated rings. The summed E-state index contributed by atoms with van der Waals surface area (Å²) in [5.74, 6) is -0.575. The molecule has 1 N–H and O–H groups in total. The lowest BCUT2D eigenvalue weighted by molar-refractivity contribution is -0.139. The van der Waals surface area contributed by atoms with Crippen molar-refractivity contribution in [3.63, 3.8) is 0 Å². The van der Waals surface area contributed by atoms with Gasteiger partial charge in [0.15, 0.2) is 0 Å². The maximum Gasteiger partial charge on any atom is 0.244 e. The van der Waals surface area contributed by atoms with E-state index in [-0.39, 0.29) is 18.4 Å². The Balaban J connectivity index is 2.35. The fourth-order valence-corrected chi connectivity index (χ4v) is 4.10. The number of benzene rings is 2. The minimum absolute atomic E-state index is 0.0706. The lowest BCUT2D eigenvalue weighted by atomic mass is 10.1. The molecule has 0 aliphatic rings. The van der Waals surface area contributed by atoms with E-state index in [1.807, 2.05) is 13.8 Å². The van der Waals surface area contributed by atoms with Crippen molar-refractivity contribution >= 4 is 39.1 Å². The normalized spacial score (nSPS) is 12.3. The number of anilines is 1. The molecule has 1 atom stereocenters. The zero-order chi connectivity index (χ0) is 23.9. The molecular weight excluding hydrogens is 450 g/mol. The van der Waals surface area contributed by atoms with Crippen LogP contribution in [0, 0.1) is 5.92 Å². The highest BCUT2D eigenvalue weighted by Crippen LogP contribution is 2.21. The molecule has 32 heavy (non-hydrogen) atoms. The third-order valence-electron chi connectivity index (χ3n) is 4.87. The summed E-state index contributed by atoms with van der Waals surface area (Å²) in [4.78, 5) is 27.5. The van der Waals surface area contributed by atoms with Gasteiger partial charge in [0.1, 0.15) is 12.6 Å². The number of hydrogen-bond donors (Lipinski definition) is 1. The number of hydrogen-bond acceptors (Lipinski definition) is 4. The number of halogens is 1. The number of nitrogens with one attached hydrogen (secondary N) is 1. The van der Waals surface area contributed by atoms with Crippen LogP contribution < -0.4 is 9.62 Å². The number of carbonyl (C=O) groups is 2. The topological polar surface area (TPSA) is 86.8 Å². The van der Waals surface area contributed by atoms with Crippen molar-refractivity contribution in [1.82, 2.24) is 10.2 Å². The van der Waals surface area contributed by atoms with E-state index in [1.165, 1.54) is 4.90 Å². The predicted octanol–water partition coefficient (Wildman–Crippen LogP) is 3.30. The minimum Gasteiger partial charge on any atom is -0.354 e. The molecule has 0 saturated heterocycles. The molecule has 0 aliphatic heterocycles. The highest BCUT2D eigenvalue weighted by atomic mass is 35.5. The summed E-state index contributed by atoms with van der Waals surface area (Å²) < 4.78 is 25.9. The van der Waals surface area contributed by atoms with Crippen molar-refractivity contribution in [3.05, 3.63) is 65.2 Å². The van der Waals surface area contributed by atoms with Crippen molar-refractivity contribution in [2.75, 3.05) is 23.7 Å². The molecular formula is C23H30ClN3O4S. The van der Waals surface area contributed by atoms with E-state index in [2.05, 4.69) is 5.32 Å². The second-order valence-electron chi connectivity index (χ2n) is 8.03. The first-order valence-corrected chi connectivity index (χ1v) is 12.6. The van der Waals surface area contributed by atoms with Gasteiger partial charge in [-0.05, 0) is 36.6 Å². The Bertz CT molecular complexity index is 1030. The SMILES string of the molecule is CC(C)CNC(=O)[C@H](C)N(Cc1ccccc1Cl)C(=O)CN(c1ccccc1)S(C)(=O)=O. The average molecular weight is 480 g/mol. The van der Waals surface area contributed by atoms with Gasteiger partial charge in [-0.25, -0.2) is 8.42 Å². The molecule has 9 heteroatoms. The summed E-state index contributed by atoms with van der Waals surface area (Å²) >= 11 is 6.29. The number of rotatable bonds is 10. The van der Waals surface area contributed by atoms with Gasteiger partial charge in [0.25, 0.3) is 0 Å². The third kappa shape index (κ3) is 7.24. The number of sulfonamides is 1. The highest BCUT2D eigenvalue weighted by molar-refractivity contribution is 7.92. The van der Waals surface area contributed by atoms with Crippen molar-refractivity contribution in [3.8, 4) is 0 Å². The van der Waals surface area contributed by atoms with Crippen LogP contribution >= 0.6 is 11.6 Å². The first kappa shape index (κ1) is 25.7. The van der Waals surface area contributed by atoms with Crippen LogP contribution in [-0.4, -0.2) is 50.5 Å². The molecule has 0 aromatic heterocycles. The molecule has 2 aromatic carbocycles. The van der Waals surface area contributed by atoms with Crippen LogP contribution in [0.4, 0.5) is 5.69 Å². The van der Waals surface area contributed by atoms with E-state index >= 15 is 0 Å². The van der Waals surface area contributed by atoms with Crippen LogP contribution in [-0.2, 0) is 26.2 Å². The number of para-hydroxylation sites is 1. The second-order valence-corrected chi connectivity index (χ2v) is 10.3. The van der Waals surface area contributed by atoms with Crippen LogP contribution in [0.3, 0.4) is 0 Å². The first-order valence-electron chi connectivity index (χ1n) is 10.3. The zero-order valence-corrected chi connectivity index (χ0v) is 20.4. The Hall–Kier alpha value is -2.58. The van der Waals surface area contributed by atoms with Gasteiger partial charge in [0.05, 0.1) is 11.9 Å². The molecule has 174 valence electrons. The van der Waals surface area contributed by atoms with E-state index < -0.39 is 28.5 Å². The zero-order valence-electron chi connectivity index (χ0n) is 18.8. The van der Waals surface area contributed by atoms with Gasteiger partial charge in [-0.1, -0.05) is 61.8 Å². The smallest absolute Gasteiger partial charge is 0.244 e. The minimum atomic E-state index is -3.74. The van der Waals surface area contributed by atoms with Crippen LogP contribution in [0.15, 0.2) is 54.6 Å². The van der Waals surface area contributed by atoms with Crippen molar-refractivity contribution in [2.24, 2.45) is 5.92 Å². The molecule has 0 aliphatic carbocycles. The molecule has 0 bridgehead atoms. The Labute approximate surface area is 195 Å². The van der Waals surface area contributed by atoms with Gasteiger partial charge in [-0.15, -0.1) is 0 Å². The molecule has 2 aromatic rings. The van der Waals surface area contributed by atoms with Gasteiger partial charge in [-0.2, -0.15) is 0 Å². The van der Waals surface area contributed by atoms with E-state index in [4.69, 9.17) is 11.6 Å². The molecule has 0 saturated carbocycles. The molecule has 0 radical (unpaired) electrons. The fraction of sp³-hybridized carbons (Fsp3) is 0.391. The van der Waals surface area contributed by atoms with Gasteiger partial charge in [0, 0.05) is 18.1 Å². The summed E-state index contributed by atoms with van der Waals surface area (Å²) in [7, 11) is -3.74. The first-order chi connectivity index (χ1) is 15.0. The van der Waals surface area contributed by atoms with Gasteiger partial charge >= 0.3 is 0 Å². The largest absolute Gasteiger partial charge is 0.354 e. The van der Waals surface area contributed by atoms with E-state index in [0.29, 0.717) is 22.8 Å². The summed E-state index contributed by atoms with van der Waals surface area (Å²) in [6.45, 7) is 5.67. The number of amides is 2. The summed E-state index contributed by atoms with van der Waals surface area (Å²) in [5.41, 5.74) is 1.04. The second kappa shape index (κ2) is 11.3. The van der Waals surface area contributed by atoms with E-state index in [9.17, 15) is 18.0 Å². The maximum atomic E-state index is 13.4. The monoisotopic (exact) mass is 479 g/mol. The molecule has 2 rings (SSSR count). The Morgan fingerprint density at radius 1 is 1.00 bits per heavy atom. The lowest BCUT2D eigenvalue weighted by Gasteiger charge is -2.31. The maximum absolute atomic E-state index is 13.4. The van der Waals surface area contributed by atoms with Crippen molar-refractivity contribution in [2.45, 2.75) is 33.4 Å². The highest BCUT2D eigenvalue weighted by Gasteiger charge is 2.30. The molecule has 0 spiro atoms. The molecule has 2 amide bonds. The summed E-state index contributed by atoms with van der Waals surface area (Å²) in [5, 5.41) is 3.30. The molecule has 0 heterocycles. The van der Waals surface area contributed by atoms with E-state index in [0.717, 1.165) is 10.6 Å². The summed E-state index contributed by atoms with van der Waals surface area (Å²) in [6, 6.07) is 14.6.